The van der Waals surface area contributed by atoms with Crippen LogP contribution in [0.1, 0.15) is 13.8 Å². The summed E-state index contributed by atoms with van der Waals surface area (Å²) < 4.78 is 19.6. The zero-order valence-electron chi connectivity index (χ0n) is 12.9. The van der Waals surface area contributed by atoms with Crippen molar-refractivity contribution in [2.75, 3.05) is 20.3 Å². The maximum atomic E-state index is 11.9. The average Bonchev–Trinajstić information content (AvgIpc) is 2.52. The van der Waals surface area contributed by atoms with Crippen LogP contribution >= 0.6 is 0 Å². The number of nitro benzene ring substituents is 1. The van der Waals surface area contributed by atoms with Gasteiger partial charge in [-0.05, 0) is 19.9 Å². The summed E-state index contributed by atoms with van der Waals surface area (Å²) in [5, 5.41) is 11.0. The fraction of sp³-hybridized carbons (Fsp3) is 0.429. The van der Waals surface area contributed by atoms with Crippen LogP contribution in [0.25, 0.3) is 0 Å². The van der Waals surface area contributed by atoms with Crippen LogP contribution in [0.5, 0.6) is 11.5 Å². The minimum Gasteiger partial charge on any atom is -0.497 e. The maximum Gasteiger partial charge on any atom is 0.359 e. The van der Waals surface area contributed by atoms with Gasteiger partial charge in [0.05, 0.1) is 25.2 Å². The van der Waals surface area contributed by atoms with Crippen LogP contribution in [0.3, 0.4) is 0 Å². The Morgan fingerprint density at radius 1 is 1.17 bits per heavy atom. The van der Waals surface area contributed by atoms with E-state index >= 15 is 0 Å². The largest absolute Gasteiger partial charge is 0.497 e. The van der Waals surface area contributed by atoms with Crippen LogP contribution in [0.15, 0.2) is 18.2 Å². The number of rotatable bonds is 8. The quantitative estimate of drug-likeness (QED) is 0.305. The molecular formula is C14H17NO8. The molecule has 0 saturated carbocycles. The molecule has 126 valence electrons. The lowest BCUT2D eigenvalue weighted by atomic mass is 10.2. The van der Waals surface area contributed by atoms with Gasteiger partial charge in [0, 0.05) is 12.1 Å². The van der Waals surface area contributed by atoms with Gasteiger partial charge in [-0.15, -0.1) is 0 Å². The van der Waals surface area contributed by atoms with Gasteiger partial charge in [0.2, 0.25) is 5.75 Å². The summed E-state index contributed by atoms with van der Waals surface area (Å²) in [6.07, 6.45) is -1.76. The molecule has 0 N–H and O–H groups in total. The predicted octanol–water partition coefficient (Wildman–Crippen LogP) is 1.48. The lowest BCUT2D eigenvalue weighted by Gasteiger charge is -2.16. The Kier molecular flexibility index (Phi) is 6.78. The van der Waals surface area contributed by atoms with Gasteiger partial charge < -0.3 is 18.9 Å². The zero-order chi connectivity index (χ0) is 17.4. The molecule has 1 rings (SSSR count). The van der Waals surface area contributed by atoms with E-state index in [0.717, 1.165) is 6.07 Å². The normalized spacial score (nSPS) is 10.1. The van der Waals surface area contributed by atoms with E-state index in [9.17, 15) is 19.7 Å². The van der Waals surface area contributed by atoms with E-state index in [-0.39, 0.29) is 24.7 Å². The highest BCUT2D eigenvalue weighted by atomic mass is 16.6. The second-order valence-corrected chi connectivity index (χ2v) is 4.09. The number of nitro groups is 1. The molecule has 0 radical (unpaired) electrons. The van der Waals surface area contributed by atoms with E-state index in [0.29, 0.717) is 0 Å². The third-order valence-electron chi connectivity index (χ3n) is 2.61. The number of carbonyl (C=O) groups is 2. The molecule has 0 heterocycles. The van der Waals surface area contributed by atoms with Crippen LogP contribution in [0, 0.1) is 10.1 Å². The number of benzene rings is 1. The van der Waals surface area contributed by atoms with Gasteiger partial charge in [0.1, 0.15) is 5.75 Å². The Bertz CT molecular complexity index is 568. The minimum absolute atomic E-state index is 0.0122. The zero-order valence-corrected chi connectivity index (χ0v) is 12.9. The van der Waals surface area contributed by atoms with Crippen molar-refractivity contribution in [2.24, 2.45) is 0 Å². The van der Waals surface area contributed by atoms with Crippen molar-refractivity contribution >= 4 is 17.6 Å². The molecule has 23 heavy (non-hydrogen) atoms. The molecule has 1 aromatic carbocycles. The molecule has 9 heteroatoms. The molecule has 0 fully saturated rings. The molecule has 0 atom stereocenters. The molecule has 1 aromatic rings. The van der Waals surface area contributed by atoms with Gasteiger partial charge in [0.15, 0.2) is 0 Å². The number of nitrogens with zero attached hydrogens (tertiary/aromatic N) is 1. The first-order valence-electron chi connectivity index (χ1n) is 6.76. The van der Waals surface area contributed by atoms with Crippen molar-refractivity contribution in [1.82, 2.24) is 0 Å². The fourth-order valence-electron chi connectivity index (χ4n) is 1.62. The van der Waals surface area contributed by atoms with Crippen LogP contribution in [-0.2, 0) is 19.1 Å². The van der Waals surface area contributed by atoms with E-state index in [4.69, 9.17) is 18.9 Å². The second kappa shape index (κ2) is 8.57. The standard InChI is InChI=1S/C14H17NO8/c1-4-21-13(16)12(14(17)22-5-2)23-11-8-9(20-3)6-7-10(11)15(18)19/h6-8,12H,4-5H2,1-3H3. The highest BCUT2D eigenvalue weighted by molar-refractivity contribution is 5.98. The van der Waals surface area contributed by atoms with Crippen molar-refractivity contribution in [2.45, 2.75) is 20.0 Å². The van der Waals surface area contributed by atoms with Crippen molar-refractivity contribution < 1.29 is 33.5 Å². The van der Waals surface area contributed by atoms with Crippen molar-refractivity contribution in [1.29, 1.82) is 0 Å². The number of ether oxygens (including phenoxy) is 4. The van der Waals surface area contributed by atoms with Crippen molar-refractivity contribution in [3.8, 4) is 11.5 Å². The van der Waals surface area contributed by atoms with Gasteiger partial charge in [-0.1, -0.05) is 0 Å². The summed E-state index contributed by atoms with van der Waals surface area (Å²) in [4.78, 5) is 34.0. The van der Waals surface area contributed by atoms with Crippen molar-refractivity contribution in [3.63, 3.8) is 0 Å². The maximum absolute atomic E-state index is 11.9. The molecule has 0 spiro atoms. The molecule has 0 amide bonds. The first kappa shape index (κ1) is 18.2. The number of hydrogen-bond donors (Lipinski definition) is 0. The van der Waals surface area contributed by atoms with Crippen molar-refractivity contribution in [3.05, 3.63) is 28.3 Å². The summed E-state index contributed by atoms with van der Waals surface area (Å²) in [6, 6.07) is 3.69. The minimum atomic E-state index is -1.76. The first-order valence-corrected chi connectivity index (χ1v) is 6.76. The Morgan fingerprint density at radius 3 is 2.17 bits per heavy atom. The topological polar surface area (TPSA) is 114 Å². The molecule has 0 aliphatic rings. The first-order chi connectivity index (χ1) is 10.9. The van der Waals surface area contributed by atoms with E-state index in [1.54, 1.807) is 13.8 Å². The highest BCUT2D eigenvalue weighted by Crippen LogP contribution is 2.32. The SMILES string of the molecule is CCOC(=O)C(Oc1cc(OC)ccc1[N+](=O)[O-])C(=O)OCC. The number of hydrogen-bond acceptors (Lipinski definition) is 8. The predicted molar refractivity (Wildman–Crippen MR) is 77.3 cm³/mol. The molecule has 0 aliphatic carbocycles. The number of carbonyl (C=O) groups excluding carboxylic acids is 2. The molecule has 0 saturated heterocycles. The van der Waals surface area contributed by atoms with Gasteiger partial charge in [-0.25, -0.2) is 9.59 Å². The van der Waals surface area contributed by atoms with Gasteiger partial charge in [0.25, 0.3) is 6.10 Å². The average molecular weight is 327 g/mol. The summed E-state index contributed by atoms with van der Waals surface area (Å²) in [6.45, 7) is 3.12. The number of esters is 2. The Morgan fingerprint density at radius 2 is 1.74 bits per heavy atom. The van der Waals surface area contributed by atoms with Crippen LogP contribution in [-0.4, -0.2) is 43.3 Å². The van der Waals surface area contributed by atoms with Crippen LogP contribution in [0.4, 0.5) is 5.69 Å². The van der Waals surface area contributed by atoms with E-state index in [1.165, 1.54) is 19.2 Å². The molecule has 0 unspecified atom stereocenters. The van der Waals surface area contributed by atoms with Gasteiger partial charge >= 0.3 is 17.6 Å². The molecular weight excluding hydrogens is 310 g/mol. The van der Waals surface area contributed by atoms with E-state index in [1.807, 2.05) is 0 Å². The van der Waals surface area contributed by atoms with E-state index in [2.05, 4.69) is 0 Å². The monoisotopic (exact) mass is 327 g/mol. The summed E-state index contributed by atoms with van der Waals surface area (Å²) in [7, 11) is 1.36. The lowest BCUT2D eigenvalue weighted by molar-refractivity contribution is -0.386. The Labute approximate surface area is 132 Å². The smallest absolute Gasteiger partial charge is 0.359 e. The number of methoxy groups -OCH3 is 1. The fourth-order valence-corrected chi connectivity index (χ4v) is 1.62. The van der Waals surface area contributed by atoms with Gasteiger partial charge in [-0.2, -0.15) is 0 Å². The van der Waals surface area contributed by atoms with Gasteiger partial charge in [-0.3, -0.25) is 10.1 Å². The Hall–Kier alpha value is -2.84. The van der Waals surface area contributed by atoms with E-state index < -0.39 is 28.7 Å². The summed E-state index contributed by atoms with van der Waals surface area (Å²) >= 11 is 0. The Balaban J connectivity index is 3.17. The van der Waals surface area contributed by atoms with Crippen LogP contribution in [0.2, 0.25) is 0 Å². The third-order valence-corrected chi connectivity index (χ3v) is 2.61. The summed E-state index contributed by atoms with van der Waals surface area (Å²) in [5.74, 6) is -2.04. The molecule has 0 aromatic heterocycles. The molecule has 0 bridgehead atoms. The second-order valence-electron chi connectivity index (χ2n) is 4.09. The summed E-state index contributed by atoms with van der Waals surface area (Å²) in [5.41, 5.74) is -0.426. The molecule has 0 aliphatic heterocycles. The van der Waals surface area contributed by atoms with Crippen LogP contribution < -0.4 is 9.47 Å². The molecule has 9 nitrogen and oxygen atoms in total. The lowest BCUT2D eigenvalue weighted by Crippen LogP contribution is -2.38. The third kappa shape index (κ3) is 4.83. The highest BCUT2D eigenvalue weighted by Gasteiger charge is 2.34.